The number of carbonyl (C=O) groups is 3. The van der Waals surface area contributed by atoms with Crippen molar-refractivity contribution in [2.75, 3.05) is 10.2 Å². The van der Waals surface area contributed by atoms with Gasteiger partial charge < -0.3 is 10.1 Å². The highest BCUT2D eigenvalue weighted by molar-refractivity contribution is 9.10. The highest BCUT2D eigenvalue weighted by atomic mass is 79.9. The van der Waals surface area contributed by atoms with Gasteiger partial charge in [0.15, 0.2) is 0 Å². The van der Waals surface area contributed by atoms with Crippen molar-refractivity contribution in [2.24, 2.45) is 0 Å². The van der Waals surface area contributed by atoms with Gasteiger partial charge in [-0.25, -0.2) is 9.69 Å². The van der Waals surface area contributed by atoms with Crippen molar-refractivity contribution >= 4 is 56.9 Å². The van der Waals surface area contributed by atoms with Gasteiger partial charge in [-0.1, -0.05) is 45.9 Å². The maximum absolute atomic E-state index is 13.4. The van der Waals surface area contributed by atoms with Gasteiger partial charge in [0.1, 0.15) is 10.6 Å². The number of anilines is 2. The Morgan fingerprint density at radius 2 is 1.56 bits per heavy atom. The van der Waals surface area contributed by atoms with Crippen LogP contribution in [0.1, 0.15) is 24.2 Å². The summed E-state index contributed by atoms with van der Waals surface area (Å²) in [6.45, 7) is 3.54. The SMILES string of the molecule is CC(C)OC(=O)c1ccc(N2C(=O)C(Nc3ccc(Br)cc3)=C(Sc3ccccc3)C2=O)cc1. The molecule has 0 fully saturated rings. The highest BCUT2D eigenvalue weighted by Gasteiger charge is 2.40. The molecule has 8 heteroatoms. The molecule has 4 rings (SSSR count). The van der Waals surface area contributed by atoms with E-state index in [2.05, 4.69) is 21.2 Å². The van der Waals surface area contributed by atoms with Crippen molar-refractivity contribution < 1.29 is 19.1 Å². The lowest BCUT2D eigenvalue weighted by atomic mass is 10.2. The minimum absolute atomic E-state index is 0.199. The third-order valence-corrected chi connectivity index (χ3v) is 6.44. The number of rotatable bonds is 7. The molecule has 172 valence electrons. The van der Waals surface area contributed by atoms with E-state index >= 15 is 0 Å². The number of nitrogens with zero attached hydrogens (tertiary/aromatic N) is 1. The Kier molecular flexibility index (Phi) is 7.19. The van der Waals surface area contributed by atoms with Crippen LogP contribution in [-0.2, 0) is 14.3 Å². The topological polar surface area (TPSA) is 75.7 Å². The van der Waals surface area contributed by atoms with Gasteiger partial charge in [0, 0.05) is 15.1 Å². The lowest BCUT2D eigenvalue weighted by molar-refractivity contribution is -0.120. The Bertz CT molecular complexity index is 1260. The van der Waals surface area contributed by atoms with Crippen LogP contribution in [0.2, 0.25) is 0 Å². The van der Waals surface area contributed by atoms with Crippen LogP contribution in [0.15, 0.2) is 98.8 Å². The Hall–Kier alpha value is -3.36. The van der Waals surface area contributed by atoms with Crippen molar-refractivity contribution in [3.05, 3.63) is 99.5 Å². The van der Waals surface area contributed by atoms with E-state index in [9.17, 15) is 14.4 Å². The number of amides is 2. The molecule has 1 heterocycles. The fourth-order valence-corrected chi connectivity index (χ4v) is 4.47. The zero-order chi connectivity index (χ0) is 24.2. The van der Waals surface area contributed by atoms with Gasteiger partial charge in [-0.2, -0.15) is 0 Å². The number of benzene rings is 3. The fraction of sp³-hybridized carbons (Fsp3) is 0.115. The van der Waals surface area contributed by atoms with Crippen LogP contribution in [0.3, 0.4) is 0 Å². The summed E-state index contributed by atoms with van der Waals surface area (Å²) >= 11 is 4.63. The van der Waals surface area contributed by atoms with Crippen LogP contribution < -0.4 is 10.2 Å². The molecule has 0 aliphatic carbocycles. The molecule has 3 aromatic carbocycles. The van der Waals surface area contributed by atoms with E-state index in [1.165, 1.54) is 11.8 Å². The van der Waals surface area contributed by atoms with Gasteiger partial charge in [0.25, 0.3) is 11.8 Å². The normalized spacial score (nSPS) is 13.6. The van der Waals surface area contributed by atoms with E-state index in [4.69, 9.17) is 4.74 Å². The monoisotopic (exact) mass is 536 g/mol. The third-order valence-electron chi connectivity index (χ3n) is 4.82. The quantitative estimate of drug-likeness (QED) is 0.294. The summed E-state index contributed by atoms with van der Waals surface area (Å²) in [6.07, 6.45) is -0.247. The first-order chi connectivity index (χ1) is 16.3. The summed E-state index contributed by atoms with van der Waals surface area (Å²) in [5.74, 6) is -1.36. The van der Waals surface area contributed by atoms with E-state index in [0.29, 0.717) is 21.8 Å². The lowest BCUT2D eigenvalue weighted by Crippen LogP contribution is -2.32. The molecule has 34 heavy (non-hydrogen) atoms. The Morgan fingerprint density at radius 3 is 2.18 bits per heavy atom. The number of carbonyl (C=O) groups excluding carboxylic acids is 3. The lowest BCUT2D eigenvalue weighted by Gasteiger charge is -2.16. The number of imide groups is 1. The molecule has 1 N–H and O–H groups in total. The first kappa shape index (κ1) is 23.8. The fourth-order valence-electron chi connectivity index (χ4n) is 3.26. The van der Waals surface area contributed by atoms with Gasteiger partial charge in [0.05, 0.1) is 17.4 Å². The molecule has 1 aliphatic rings. The first-order valence-electron chi connectivity index (χ1n) is 10.5. The summed E-state index contributed by atoms with van der Waals surface area (Å²) < 4.78 is 6.11. The average molecular weight is 537 g/mol. The second-order valence-electron chi connectivity index (χ2n) is 7.70. The Morgan fingerprint density at radius 1 is 0.912 bits per heavy atom. The molecular formula is C26H21BrN2O4S. The predicted octanol–water partition coefficient (Wildman–Crippen LogP) is 6.00. The van der Waals surface area contributed by atoms with E-state index in [1.807, 2.05) is 54.6 Å². The van der Waals surface area contributed by atoms with Gasteiger partial charge in [-0.15, -0.1) is 0 Å². The van der Waals surface area contributed by atoms with Crippen LogP contribution in [-0.4, -0.2) is 23.9 Å². The maximum Gasteiger partial charge on any atom is 0.338 e. The molecule has 0 spiro atoms. The third kappa shape index (κ3) is 5.24. The second-order valence-corrected chi connectivity index (χ2v) is 9.70. The van der Waals surface area contributed by atoms with Crippen molar-refractivity contribution in [1.29, 1.82) is 0 Å². The predicted molar refractivity (Wildman–Crippen MR) is 137 cm³/mol. The second kappa shape index (κ2) is 10.3. The summed E-state index contributed by atoms with van der Waals surface area (Å²) in [5.41, 5.74) is 1.59. The summed E-state index contributed by atoms with van der Waals surface area (Å²) in [7, 11) is 0. The Labute approximate surface area is 210 Å². The number of hydrogen-bond donors (Lipinski definition) is 1. The van der Waals surface area contributed by atoms with Crippen LogP contribution in [0, 0.1) is 0 Å². The van der Waals surface area contributed by atoms with Crippen LogP contribution in [0.25, 0.3) is 0 Å². The van der Waals surface area contributed by atoms with Crippen molar-refractivity contribution in [1.82, 2.24) is 0 Å². The standard InChI is InChI=1S/C26H21BrN2O4S/c1-16(2)33-26(32)17-8-14-20(15-9-17)29-24(30)22(28-19-12-10-18(27)11-13-19)23(25(29)31)34-21-6-4-3-5-7-21/h3-16,28H,1-2H3. The molecule has 0 aromatic heterocycles. The van der Waals surface area contributed by atoms with Crippen LogP contribution >= 0.6 is 27.7 Å². The molecular weight excluding hydrogens is 516 g/mol. The van der Waals surface area contributed by atoms with Gasteiger partial charge in [-0.3, -0.25) is 9.59 Å². The number of esters is 1. The van der Waals surface area contributed by atoms with Crippen molar-refractivity contribution in [2.45, 2.75) is 24.8 Å². The number of hydrogen-bond acceptors (Lipinski definition) is 6. The number of ether oxygens (including phenoxy) is 1. The van der Waals surface area contributed by atoms with Crippen LogP contribution in [0.5, 0.6) is 0 Å². The molecule has 2 amide bonds. The molecule has 0 radical (unpaired) electrons. The average Bonchev–Trinajstić information content (AvgIpc) is 3.04. The van der Waals surface area contributed by atoms with Gasteiger partial charge >= 0.3 is 5.97 Å². The van der Waals surface area contributed by atoms with Crippen molar-refractivity contribution in [3.8, 4) is 0 Å². The first-order valence-corrected chi connectivity index (χ1v) is 12.1. The molecule has 0 saturated heterocycles. The van der Waals surface area contributed by atoms with E-state index in [1.54, 1.807) is 38.1 Å². The largest absolute Gasteiger partial charge is 0.459 e. The molecule has 0 unspecified atom stereocenters. The molecule has 0 bridgehead atoms. The molecule has 0 saturated carbocycles. The summed E-state index contributed by atoms with van der Waals surface area (Å²) in [4.78, 5) is 41.3. The molecule has 0 atom stereocenters. The van der Waals surface area contributed by atoms with E-state index in [-0.39, 0.29) is 11.8 Å². The number of halogens is 1. The smallest absolute Gasteiger partial charge is 0.338 e. The highest BCUT2D eigenvalue weighted by Crippen LogP contribution is 2.38. The summed E-state index contributed by atoms with van der Waals surface area (Å²) in [5, 5.41) is 3.12. The zero-order valence-corrected chi connectivity index (χ0v) is 20.9. The van der Waals surface area contributed by atoms with Crippen LogP contribution in [0.4, 0.5) is 11.4 Å². The summed E-state index contributed by atoms with van der Waals surface area (Å²) in [6, 6.07) is 23.0. The van der Waals surface area contributed by atoms with Gasteiger partial charge in [0.2, 0.25) is 0 Å². The van der Waals surface area contributed by atoms with Crippen molar-refractivity contribution in [3.63, 3.8) is 0 Å². The molecule has 6 nitrogen and oxygen atoms in total. The van der Waals surface area contributed by atoms with E-state index < -0.39 is 17.8 Å². The minimum Gasteiger partial charge on any atom is -0.459 e. The zero-order valence-electron chi connectivity index (χ0n) is 18.4. The Balaban J connectivity index is 1.66. The van der Waals surface area contributed by atoms with Gasteiger partial charge in [-0.05, 0) is 74.5 Å². The minimum atomic E-state index is -0.469. The maximum atomic E-state index is 13.4. The molecule has 3 aromatic rings. The number of nitrogens with one attached hydrogen (secondary N) is 1. The molecule has 1 aliphatic heterocycles. The number of thioether (sulfide) groups is 1. The van der Waals surface area contributed by atoms with E-state index in [0.717, 1.165) is 14.3 Å².